The van der Waals surface area contributed by atoms with Crippen LogP contribution in [0.1, 0.15) is 27.0 Å². The van der Waals surface area contributed by atoms with E-state index >= 15 is 0 Å². The molecule has 212 valence electrons. The SMILES string of the molecule is O=C(O)c1ccc(CN2C(=O)C(=Cc3c(OCc4ccc(F)cc4)ccc4ccccc34)SC2=Nc2ccccc2)cc1. The zero-order valence-corrected chi connectivity index (χ0v) is 23.6. The average molecular weight is 589 g/mol. The lowest BCUT2D eigenvalue weighted by molar-refractivity contribution is -0.122. The Balaban J connectivity index is 1.38. The number of hydrogen-bond acceptors (Lipinski definition) is 5. The fourth-order valence-corrected chi connectivity index (χ4v) is 5.68. The van der Waals surface area contributed by atoms with Crippen LogP contribution >= 0.6 is 11.8 Å². The molecule has 5 aromatic carbocycles. The molecule has 1 aliphatic heterocycles. The molecule has 0 atom stereocenters. The average Bonchev–Trinajstić information content (AvgIpc) is 3.31. The molecule has 8 heteroatoms. The van der Waals surface area contributed by atoms with Crippen LogP contribution < -0.4 is 4.74 Å². The van der Waals surface area contributed by atoms with E-state index in [1.807, 2.05) is 72.8 Å². The molecule has 0 spiro atoms. The predicted molar refractivity (Wildman–Crippen MR) is 168 cm³/mol. The number of thioether (sulfide) groups is 1. The highest BCUT2D eigenvalue weighted by atomic mass is 32.2. The predicted octanol–water partition coefficient (Wildman–Crippen LogP) is 8.06. The van der Waals surface area contributed by atoms with Crippen LogP contribution in [0.2, 0.25) is 0 Å². The van der Waals surface area contributed by atoms with E-state index in [4.69, 9.17) is 9.73 Å². The van der Waals surface area contributed by atoms with Gasteiger partial charge in [-0.25, -0.2) is 14.2 Å². The van der Waals surface area contributed by atoms with E-state index in [1.165, 1.54) is 36.0 Å². The number of amides is 1. The molecule has 1 heterocycles. The fourth-order valence-electron chi connectivity index (χ4n) is 4.70. The molecule has 1 aliphatic rings. The molecule has 0 aromatic heterocycles. The van der Waals surface area contributed by atoms with Crippen LogP contribution in [0.25, 0.3) is 16.8 Å². The molecular formula is C35H25FN2O4S. The van der Waals surface area contributed by atoms with Gasteiger partial charge in [0, 0.05) is 5.56 Å². The number of ether oxygens (including phenoxy) is 1. The second-order valence-electron chi connectivity index (χ2n) is 9.85. The summed E-state index contributed by atoms with van der Waals surface area (Å²) >= 11 is 1.27. The molecule has 1 saturated heterocycles. The second-order valence-corrected chi connectivity index (χ2v) is 10.9. The summed E-state index contributed by atoms with van der Waals surface area (Å²) in [5.41, 5.74) is 3.22. The van der Waals surface area contributed by atoms with Crippen LogP contribution in [-0.4, -0.2) is 27.1 Å². The zero-order chi connectivity index (χ0) is 29.8. The Kier molecular flexibility index (Phi) is 8.02. The molecule has 5 aromatic rings. The van der Waals surface area contributed by atoms with E-state index in [1.54, 1.807) is 29.2 Å². The molecule has 1 N–H and O–H groups in total. The van der Waals surface area contributed by atoms with Gasteiger partial charge in [0.25, 0.3) is 5.91 Å². The van der Waals surface area contributed by atoms with Crippen molar-refractivity contribution in [1.29, 1.82) is 0 Å². The molecule has 43 heavy (non-hydrogen) atoms. The van der Waals surface area contributed by atoms with Crippen molar-refractivity contribution in [3.63, 3.8) is 0 Å². The highest BCUT2D eigenvalue weighted by molar-refractivity contribution is 8.18. The minimum Gasteiger partial charge on any atom is -0.488 e. The molecule has 6 rings (SSSR count). The second kappa shape index (κ2) is 12.3. The lowest BCUT2D eigenvalue weighted by atomic mass is 10.0. The standard InChI is InChI=1S/C35H25FN2O4S/c36-27-17-12-24(13-18-27)22-42-31-19-16-25-6-4-5-9-29(25)30(31)20-32-33(39)38(21-23-10-14-26(15-11-23)34(40)41)35(43-32)37-28-7-2-1-3-8-28/h1-20H,21-22H2,(H,40,41). The number of fused-ring (bicyclic) bond motifs is 1. The van der Waals surface area contributed by atoms with Gasteiger partial charge in [-0.3, -0.25) is 9.69 Å². The smallest absolute Gasteiger partial charge is 0.335 e. The Hall–Kier alpha value is -5.21. The van der Waals surface area contributed by atoms with Gasteiger partial charge >= 0.3 is 5.97 Å². The van der Waals surface area contributed by atoms with Gasteiger partial charge in [-0.2, -0.15) is 0 Å². The molecule has 1 amide bonds. The van der Waals surface area contributed by atoms with Crippen molar-refractivity contribution < 1.29 is 23.8 Å². The fraction of sp³-hybridized carbons (Fsp3) is 0.0571. The first-order valence-corrected chi connectivity index (χ1v) is 14.3. The number of aromatic carboxylic acids is 1. The molecule has 6 nitrogen and oxygen atoms in total. The Morgan fingerprint density at radius 2 is 1.56 bits per heavy atom. The van der Waals surface area contributed by atoms with E-state index in [2.05, 4.69) is 0 Å². The van der Waals surface area contributed by atoms with Gasteiger partial charge in [-0.15, -0.1) is 0 Å². The Morgan fingerprint density at radius 1 is 0.860 bits per heavy atom. The number of halogens is 1. The van der Waals surface area contributed by atoms with Crippen molar-refractivity contribution >= 4 is 51.3 Å². The van der Waals surface area contributed by atoms with Gasteiger partial charge in [0.05, 0.1) is 22.7 Å². The van der Waals surface area contributed by atoms with Crippen molar-refractivity contribution in [2.24, 2.45) is 4.99 Å². The number of hydrogen-bond donors (Lipinski definition) is 1. The summed E-state index contributed by atoms with van der Waals surface area (Å²) in [4.78, 5) is 32.1. The zero-order valence-electron chi connectivity index (χ0n) is 22.8. The summed E-state index contributed by atoms with van der Waals surface area (Å²) < 4.78 is 19.6. The maximum atomic E-state index is 13.9. The summed E-state index contributed by atoms with van der Waals surface area (Å²) in [6, 6.07) is 33.7. The molecule has 0 unspecified atom stereocenters. The van der Waals surface area contributed by atoms with E-state index in [-0.39, 0.29) is 30.4 Å². The van der Waals surface area contributed by atoms with E-state index in [0.717, 1.165) is 27.5 Å². The number of carbonyl (C=O) groups is 2. The van der Waals surface area contributed by atoms with Gasteiger partial charge in [0.2, 0.25) is 0 Å². The maximum absolute atomic E-state index is 13.9. The van der Waals surface area contributed by atoms with E-state index in [9.17, 15) is 19.1 Å². The van der Waals surface area contributed by atoms with Crippen LogP contribution in [0.3, 0.4) is 0 Å². The maximum Gasteiger partial charge on any atom is 0.335 e. The third-order valence-corrected chi connectivity index (χ3v) is 7.93. The first kappa shape index (κ1) is 27.9. The molecular weight excluding hydrogens is 563 g/mol. The first-order chi connectivity index (χ1) is 20.9. The van der Waals surface area contributed by atoms with Crippen molar-refractivity contribution in [3.8, 4) is 5.75 Å². The Bertz CT molecular complexity index is 1870. The minimum atomic E-state index is -1.01. The van der Waals surface area contributed by atoms with Gasteiger partial charge in [0.15, 0.2) is 5.17 Å². The van der Waals surface area contributed by atoms with Crippen LogP contribution in [0.5, 0.6) is 5.75 Å². The summed E-state index contributed by atoms with van der Waals surface area (Å²) in [6.07, 6.45) is 1.84. The van der Waals surface area contributed by atoms with Crippen molar-refractivity contribution in [2.75, 3.05) is 0 Å². The molecule has 1 fully saturated rings. The van der Waals surface area contributed by atoms with Gasteiger partial charge < -0.3 is 9.84 Å². The number of nitrogens with zero attached hydrogens (tertiary/aromatic N) is 2. The molecule has 0 aliphatic carbocycles. The lowest BCUT2D eigenvalue weighted by Crippen LogP contribution is -2.28. The van der Waals surface area contributed by atoms with Crippen LogP contribution in [0.15, 0.2) is 125 Å². The number of carboxylic acid groups (broad SMARTS) is 1. The largest absolute Gasteiger partial charge is 0.488 e. The minimum absolute atomic E-state index is 0.175. The number of rotatable bonds is 8. The van der Waals surface area contributed by atoms with E-state index in [0.29, 0.717) is 21.5 Å². The van der Waals surface area contributed by atoms with Crippen molar-refractivity contribution in [1.82, 2.24) is 4.90 Å². The summed E-state index contributed by atoms with van der Waals surface area (Å²) in [7, 11) is 0. The van der Waals surface area contributed by atoms with Gasteiger partial charge in [0.1, 0.15) is 18.2 Å². The van der Waals surface area contributed by atoms with Crippen LogP contribution in [0, 0.1) is 5.82 Å². The quantitative estimate of drug-likeness (QED) is 0.186. The van der Waals surface area contributed by atoms with Crippen molar-refractivity contribution in [2.45, 2.75) is 13.2 Å². The normalized spacial score (nSPS) is 15.0. The number of carboxylic acids is 1. The van der Waals surface area contributed by atoms with E-state index < -0.39 is 5.97 Å². The molecule has 0 bridgehead atoms. The molecule has 0 radical (unpaired) electrons. The van der Waals surface area contributed by atoms with Gasteiger partial charge in [-0.05, 0) is 82.2 Å². The Labute approximate surface area is 251 Å². The first-order valence-electron chi connectivity index (χ1n) is 13.5. The Morgan fingerprint density at radius 3 is 2.30 bits per heavy atom. The molecule has 0 saturated carbocycles. The lowest BCUT2D eigenvalue weighted by Gasteiger charge is -2.16. The van der Waals surface area contributed by atoms with Crippen LogP contribution in [-0.2, 0) is 17.9 Å². The summed E-state index contributed by atoms with van der Waals surface area (Å²) in [5, 5.41) is 11.7. The van der Waals surface area contributed by atoms with Crippen molar-refractivity contribution in [3.05, 3.63) is 148 Å². The summed E-state index contributed by atoms with van der Waals surface area (Å²) in [5.74, 6) is -0.956. The third-order valence-electron chi connectivity index (χ3n) is 6.92. The number of amidine groups is 1. The topological polar surface area (TPSA) is 79.2 Å². The monoisotopic (exact) mass is 588 g/mol. The third kappa shape index (κ3) is 6.34. The highest BCUT2D eigenvalue weighted by Crippen LogP contribution is 2.38. The van der Waals surface area contributed by atoms with Gasteiger partial charge in [-0.1, -0.05) is 72.8 Å². The number of aliphatic imine (C=N–C) groups is 1. The van der Waals surface area contributed by atoms with Crippen LogP contribution in [0.4, 0.5) is 10.1 Å². The number of benzene rings is 5. The highest BCUT2D eigenvalue weighted by Gasteiger charge is 2.34. The number of para-hydroxylation sites is 1. The summed E-state index contributed by atoms with van der Waals surface area (Å²) in [6.45, 7) is 0.452. The number of carbonyl (C=O) groups excluding carboxylic acids is 1.